The van der Waals surface area contributed by atoms with Crippen LogP contribution >= 0.6 is 11.6 Å². The summed E-state index contributed by atoms with van der Waals surface area (Å²) in [4.78, 5) is 27.5. The molecule has 1 saturated heterocycles. The number of hydrogen-bond acceptors (Lipinski definition) is 6. The number of aliphatic hydroxyl groups excluding tert-OH is 1. The number of halogens is 1. The number of likely N-dealkylation sites (tertiary alicyclic amines) is 1. The molecule has 0 radical (unpaired) electrons. The molecule has 0 bridgehead atoms. The van der Waals surface area contributed by atoms with E-state index in [1.165, 1.54) is 11.2 Å². The van der Waals surface area contributed by atoms with Crippen molar-refractivity contribution in [3.8, 4) is 11.5 Å². The molecule has 1 aromatic heterocycles. The second kappa shape index (κ2) is 9.42. The predicted molar refractivity (Wildman–Crippen MR) is 122 cm³/mol. The van der Waals surface area contributed by atoms with Gasteiger partial charge >= 0.3 is 0 Å². The molecule has 7 nitrogen and oxygen atoms in total. The van der Waals surface area contributed by atoms with Crippen molar-refractivity contribution in [2.24, 2.45) is 0 Å². The second-order valence-corrected chi connectivity index (χ2v) is 7.76. The molecule has 0 saturated carbocycles. The number of carbonyl (C=O) groups excluding carboxylic acids is 2. The first-order valence-corrected chi connectivity index (χ1v) is 10.7. The number of ketones is 1. The molecule has 2 aromatic carbocycles. The van der Waals surface area contributed by atoms with Crippen molar-refractivity contribution < 1.29 is 28.6 Å². The maximum atomic E-state index is 13.1. The Hall–Kier alpha value is -3.71. The van der Waals surface area contributed by atoms with Crippen LogP contribution in [0.25, 0.3) is 5.76 Å². The van der Waals surface area contributed by atoms with E-state index in [0.29, 0.717) is 40.0 Å². The van der Waals surface area contributed by atoms with Crippen molar-refractivity contribution >= 4 is 29.1 Å². The van der Waals surface area contributed by atoms with Gasteiger partial charge in [-0.1, -0.05) is 23.7 Å². The first-order chi connectivity index (χ1) is 15.9. The van der Waals surface area contributed by atoms with Gasteiger partial charge in [-0.25, -0.2) is 0 Å². The van der Waals surface area contributed by atoms with Crippen LogP contribution in [0.5, 0.6) is 11.5 Å². The average molecular weight is 468 g/mol. The summed E-state index contributed by atoms with van der Waals surface area (Å²) in [7, 11) is 1.55. The lowest BCUT2D eigenvalue weighted by atomic mass is 9.95. The van der Waals surface area contributed by atoms with Gasteiger partial charge in [0.1, 0.15) is 23.0 Å². The number of carbonyl (C=O) groups is 2. The zero-order valence-corrected chi connectivity index (χ0v) is 18.8. The normalized spacial score (nSPS) is 17.4. The lowest BCUT2D eigenvalue weighted by Crippen LogP contribution is -2.29. The summed E-state index contributed by atoms with van der Waals surface area (Å²) in [5, 5.41) is 11.6. The van der Waals surface area contributed by atoms with Crippen LogP contribution in [0.3, 0.4) is 0 Å². The van der Waals surface area contributed by atoms with Gasteiger partial charge in [0, 0.05) is 5.56 Å². The topological polar surface area (TPSA) is 89.2 Å². The maximum absolute atomic E-state index is 13.1. The first kappa shape index (κ1) is 22.5. The van der Waals surface area contributed by atoms with Crippen LogP contribution in [0, 0.1) is 0 Å². The molecule has 1 amide bonds. The number of benzene rings is 2. The summed E-state index contributed by atoms with van der Waals surface area (Å²) in [6, 6.07) is 14.3. The van der Waals surface area contributed by atoms with E-state index in [0.717, 1.165) is 0 Å². The summed E-state index contributed by atoms with van der Waals surface area (Å²) in [6.45, 7) is 2.26. The Morgan fingerprint density at radius 3 is 2.55 bits per heavy atom. The van der Waals surface area contributed by atoms with E-state index in [2.05, 4.69) is 0 Å². The number of furan rings is 1. The third kappa shape index (κ3) is 4.32. The van der Waals surface area contributed by atoms with Crippen LogP contribution in [0.2, 0.25) is 5.02 Å². The fraction of sp³-hybridized carbons (Fsp3) is 0.200. The molecule has 1 aliphatic heterocycles. The number of aliphatic hydroxyl groups is 1. The average Bonchev–Trinajstić information content (AvgIpc) is 3.43. The fourth-order valence-electron chi connectivity index (χ4n) is 3.82. The lowest BCUT2D eigenvalue weighted by molar-refractivity contribution is -0.140. The minimum absolute atomic E-state index is 0.0264. The molecule has 33 heavy (non-hydrogen) atoms. The molecule has 3 aromatic rings. The van der Waals surface area contributed by atoms with Crippen LogP contribution < -0.4 is 9.47 Å². The highest BCUT2D eigenvalue weighted by Crippen LogP contribution is 2.41. The number of methoxy groups -OCH3 is 1. The highest BCUT2D eigenvalue weighted by molar-refractivity contribution is 6.46. The Morgan fingerprint density at radius 1 is 1.15 bits per heavy atom. The van der Waals surface area contributed by atoms with Crippen molar-refractivity contribution in [3.63, 3.8) is 0 Å². The molecule has 2 heterocycles. The molecular formula is C25H22ClNO6. The van der Waals surface area contributed by atoms with E-state index in [9.17, 15) is 14.7 Å². The maximum Gasteiger partial charge on any atom is 0.296 e. The first-order valence-electron chi connectivity index (χ1n) is 10.3. The van der Waals surface area contributed by atoms with Gasteiger partial charge < -0.3 is 23.9 Å². The van der Waals surface area contributed by atoms with E-state index >= 15 is 0 Å². The zero-order chi connectivity index (χ0) is 23.5. The molecule has 1 N–H and O–H groups in total. The van der Waals surface area contributed by atoms with Gasteiger partial charge in [0.15, 0.2) is 0 Å². The zero-order valence-electron chi connectivity index (χ0n) is 18.1. The van der Waals surface area contributed by atoms with E-state index in [1.807, 2.05) is 6.92 Å². The van der Waals surface area contributed by atoms with Gasteiger partial charge in [-0.3, -0.25) is 9.59 Å². The Kier molecular flexibility index (Phi) is 6.42. The molecule has 1 aliphatic rings. The largest absolute Gasteiger partial charge is 0.507 e. The summed E-state index contributed by atoms with van der Waals surface area (Å²) in [6.07, 6.45) is 1.50. The third-order valence-corrected chi connectivity index (χ3v) is 5.69. The summed E-state index contributed by atoms with van der Waals surface area (Å²) in [5.74, 6) is -0.315. The number of nitrogens with zero attached hydrogens (tertiary/aromatic N) is 1. The smallest absolute Gasteiger partial charge is 0.296 e. The Balaban J connectivity index is 1.85. The number of ether oxygens (including phenoxy) is 2. The van der Waals surface area contributed by atoms with Gasteiger partial charge in [0.2, 0.25) is 0 Å². The van der Waals surface area contributed by atoms with Crippen molar-refractivity contribution in [3.05, 3.63) is 88.3 Å². The predicted octanol–water partition coefficient (Wildman–Crippen LogP) is 4.96. The molecule has 1 atom stereocenters. The highest BCUT2D eigenvalue weighted by Gasteiger charge is 2.46. The number of Topliss-reactive ketones (excluding diaryl/α,β-unsaturated/α-hetero) is 1. The van der Waals surface area contributed by atoms with E-state index in [4.69, 9.17) is 25.5 Å². The van der Waals surface area contributed by atoms with Gasteiger partial charge in [-0.15, -0.1) is 0 Å². The number of hydrogen-bond donors (Lipinski definition) is 1. The molecule has 1 fully saturated rings. The number of amides is 1. The highest BCUT2D eigenvalue weighted by atomic mass is 35.5. The van der Waals surface area contributed by atoms with Crippen LogP contribution in [0.4, 0.5) is 0 Å². The molecule has 4 rings (SSSR count). The molecular weight excluding hydrogens is 446 g/mol. The van der Waals surface area contributed by atoms with E-state index in [-0.39, 0.29) is 17.9 Å². The van der Waals surface area contributed by atoms with Gasteiger partial charge in [0.25, 0.3) is 11.7 Å². The SMILES string of the molecule is CCOc1cc(/C(O)=C2/C(=O)C(=O)N(Cc3ccco3)C2c2ccc(OC)cc2)ccc1Cl. The summed E-state index contributed by atoms with van der Waals surface area (Å²) >= 11 is 6.17. The molecule has 170 valence electrons. The molecule has 8 heteroatoms. The summed E-state index contributed by atoms with van der Waals surface area (Å²) in [5.41, 5.74) is 0.931. The Labute approximate surface area is 195 Å². The molecule has 1 unspecified atom stereocenters. The van der Waals surface area contributed by atoms with Gasteiger partial charge in [-0.2, -0.15) is 0 Å². The van der Waals surface area contributed by atoms with Crippen LogP contribution in [-0.2, 0) is 16.1 Å². The Morgan fingerprint density at radius 2 is 1.91 bits per heavy atom. The minimum atomic E-state index is -0.827. The third-order valence-electron chi connectivity index (χ3n) is 5.38. The van der Waals surface area contributed by atoms with Gasteiger partial charge in [-0.05, 0) is 55.0 Å². The standard InChI is InChI=1S/C25H22ClNO6/c1-3-32-20-13-16(8-11-19(20)26)23(28)21-22(15-6-9-17(31-2)10-7-15)27(25(30)24(21)29)14-18-5-4-12-33-18/h4-13,22,28H,3,14H2,1-2H3/b23-21-. The quantitative estimate of drug-likeness (QED) is 0.300. The van der Waals surface area contributed by atoms with Gasteiger partial charge in [0.05, 0.1) is 43.2 Å². The minimum Gasteiger partial charge on any atom is -0.507 e. The van der Waals surface area contributed by atoms with E-state index < -0.39 is 17.7 Å². The second-order valence-electron chi connectivity index (χ2n) is 7.36. The fourth-order valence-corrected chi connectivity index (χ4v) is 3.99. The van der Waals surface area contributed by atoms with Crippen LogP contribution in [0.1, 0.15) is 29.9 Å². The van der Waals surface area contributed by atoms with Crippen molar-refractivity contribution in [1.82, 2.24) is 4.90 Å². The molecule has 0 aliphatic carbocycles. The number of rotatable bonds is 7. The van der Waals surface area contributed by atoms with Crippen LogP contribution in [0.15, 0.2) is 70.9 Å². The lowest BCUT2D eigenvalue weighted by Gasteiger charge is -2.24. The monoisotopic (exact) mass is 467 g/mol. The van der Waals surface area contributed by atoms with E-state index in [1.54, 1.807) is 61.7 Å². The molecule has 0 spiro atoms. The van der Waals surface area contributed by atoms with Crippen molar-refractivity contribution in [1.29, 1.82) is 0 Å². The summed E-state index contributed by atoms with van der Waals surface area (Å²) < 4.78 is 16.1. The Bertz CT molecular complexity index is 1200. The van der Waals surface area contributed by atoms with Crippen molar-refractivity contribution in [2.45, 2.75) is 19.5 Å². The van der Waals surface area contributed by atoms with Crippen molar-refractivity contribution in [2.75, 3.05) is 13.7 Å². The van der Waals surface area contributed by atoms with Crippen LogP contribution in [-0.4, -0.2) is 35.4 Å².